The fraction of sp³-hybridized carbons (Fsp3) is 0.231. The van der Waals surface area contributed by atoms with Gasteiger partial charge in [-0.15, -0.1) is 6.42 Å². The summed E-state index contributed by atoms with van der Waals surface area (Å²) in [6, 6.07) is 19.7. The van der Waals surface area contributed by atoms with Crippen LogP contribution in [0.25, 0.3) is 0 Å². The van der Waals surface area contributed by atoms with Crippen LogP contribution >= 0.6 is 11.8 Å². The van der Waals surface area contributed by atoms with Crippen molar-refractivity contribution in [2.24, 2.45) is 0 Å². The number of alkyl halides is 3. The standard InChI is InChI=1S/C26H22F4S/c1-3-25(2,20-12-14-21(15-13-20)26(28,29)30)17-7-8-19-11-16-23(27)24(18-19)31-22-9-5-4-6-10-22/h1,4-6,9-16,18H,7-8,17H2,2H3. The van der Waals surface area contributed by atoms with Crippen LogP contribution in [0.5, 0.6) is 0 Å². The van der Waals surface area contributed by atoms with E-state index in [0.717, 1.165) is 29.0 Å². The van der Waals surface area contributed by atoms with Crippen LogP contribution in [-0.2, 0) is 18.0 Å². The van der Waals surface area contributed by atoms with Gasteiger partial charge in [0.1, 0.15) is 5.82 Å². The van der Waals surface area contributed by atoms with Crippen molar-refractivity contribution in [3.8, 4) is 12.3 Å². The Hall–Kier alpha value is -2.71. The zero-order chi connectivity index (χ0) is 22.5. The first-order valence-corrected chi connectivity index (χ1v) is 10.7. The zero-order valence-electron chi connectivity index (χ0n) is 17.0. The molecule has 0 aliphatic heterocycles. The van der Waals surface area contributed by atoms with Crippen LogP contribution in [-0.4, -0.2) is 0 Å². The van der Waals surface area contributed by atoms with E-state index in [2.05, 4.69) is 5.92 Å². The van der Waals surface area contributed by atoms with Crippen LogP contribution in [0.4, 0.5) is 17.6 Å². The quantitative estimate of drug-likeness (QED) is 0.265. The van der Waals surface area contributed by atoms with Gasteiger partial charge in [-0.1, -0.05) is 54.1 Å². The normalized spacial score (nSPS) is 13.4. The lowest BCUT2D eigenvalue weighted by Crippen LogP contribution is -2.20. The number of halogens is 4. The van der Waals surface area contributed by atoms with Crippen LogP contribution in [0.2, 0.25) is 0 Å². The van der Waals surface area contributed by atoms with Crippen LogP contribution < -0.4 is 0 Å². The molecule has 31 heavy (non-hydrogen) atoms. The molecule has 3 aromatic rings. The van der Waals surface area contributed by atoms with Gasteiger partial charge in [-0.25, -0.2) is 4.39 Å². The third-order valence-corrected chi connectivity index (χ3v) is 6.32. The molecule has 3 aromatic carbocycles. The molecular formula is C26H22F4S. The van der Waals surface area contributed by atoms with E-state index in [0.29, 0.717) is 23.3 Å². The van der Waals surface area contributed by atoms with Crippen LogP contribution in [0.3, 0.4) is 0 Å². The fourth-order valence-corrected chi connectivity index (χ4v) is 4.29. The molecule has 0 aliphatic carbocycles. The van der Waals surface area contributed by atoms with Gasteiger partial charge in [0.2, 0.25) is 0 Å². The maximum Gasteiger partial charge on any atom is 0.416 e. The van der Waals surface area contributed by atoms with E-state index in [1.165, 1.54) is 30.0 Å². The summed E-state index contributed by atoms with van der Waals surface area (Å²) in [7, 11) is 0. The van der Waals surface area contributed by atoms with Crippen LogP contribution in [0.15, 0.2) is 82.6 Å². The lowest BCUT2D eigenvalue weighted by atomic mass is 9.78. The van der Waals surface area contributed by atoms with Crippen molar-refractivity contribution in [1.29, 1.82) is 0 Å². The van der Waals surface area contributed by atoms with E-state index in [-0.39, 0.29) is 5.82 Å². The van der Waals surface area contributed by atoms with Gasteiger partial charge in [-0.3, -0.25) is 0 Å². The van der Waals surface area contributed by atoms with Gasteiger partial charge in [0.25, 0.3) is 0 Å². The monoisotopic (exact) mass is 442 g/mol. The number of benzene rings is 3. The summed E-state index contributed by atoms with van der Waals surface area (Å²) in [6.07, 6.45) is 3.40. The molecule has 0 saturated carbocycles. The minimum atomic E-state index is -4.37. The summed E-state index contributed by atoms with van der Waals surface area (Å²) >= 11 is 1.37. The Morgan fingerprint density at radius 3 is 2.16 bits per heavy atom. The highest BCUT2D eigenvalue weighted by Gasteiger charge is 2.31. The summed E-state index contributed by atoms with van der Waals surface area (Å²) in [4.78, 5) is 1.52. The second kappa shape index (κ2) is 9.62. The third kappa shape index (κ3) is 5.92. The fourth-order valence-electron chi connectivity index (χ4n) is 3.37. The number of rotatable bonds is 7. The van der Waals surface area contributed by atoms with Crippen molar-refractivity contribution in [1.82, 2.24) is 0 Å². The predicted octanol–water partition coefficient (Wildman–Crippen LogP) is 7.91. The number of terminal acetylenes is 1. The molecule has 0 nitrogen and oxygen atoms in total. The Bertz CT molecular complexity index is 1050. The molecule has 160 valence electrons. The molecule has 0 N–H and O–H groups in total. The Labute approximate surface area is 184 Å². The Morgan fingerprint density at radius 1 is 0.903 bits per heavy atom. The molecule has 1 atom stereocenters. The highest BCUT2D eigenvalue weighted by Crippen LogP contribution is 2.34. The van der Waals surface area contributed by atoms with Crippen molar-refractivity contribution in [2.75, 3.05) is 0 Å². The summed E-state index contributed by atoms with van der Waals surface area (Å²) < 4.78 is 52.7. The molecule has 1 unspecified atom stereocenters. The average Bonchev–Trinajstić information content (AvgIpc) is 2.76. The average molecular weight is 443 g/mol. The van der Waals surface area contributed by atoms with E-state index < -0.39 is 17.2 Å². The second-order valence-corrected chi connectivity index (χ2v) is 8.70. The zero-order valence-corrected chi connectivity index (χ0v) is 17.9. The first kappa shape index (κ1) is 23.0. The Morgan fingerprint density at radius 2 is 1.55 bits per heavy atom. The van der Waals surface area contributed by atoms with Gasteiger partial charge in [0.05, 0.1) is 11.0 Å². The van der Waals surface area contributed by atoms with Gasteiger partial charge in [-0.05, 0) is 73.7 Å². The number of hydrogen-bond acceptors (Lipinski definition) is 1. The molecule has 5 heteroatoms. The molecule has 0 spiro atoms. The maximum absolute atomic E-state index is 14.2. The summed E-state index contributed by atoms with van der Waals surface area (Å²) in [6.45, 7) is 1.86. The summed E-state index contributed by atoms with van der Waals surface area (Å²) in [5.41, 5.74) is 0.311. The first-order chi connectivity index (χ1) is 14.7. The highest BCUT2D eigenvalue weighted by atomic mass is 32.2. The lowest BCUT2D eigenvalue weighted by molar-refractivity contribution is -0.137. The van der Waals surface area contributed by atoms with Gasteiger partial charge in [-0.2, -0.15) is 13.2 Å². The molecule has 0 bridgehead atoms. The summed E-state index contributed by atoms with van der Waals surface area (Å²) in [5.74, 6) is 2.48. The smallest absolute Gasteiger partial charge is 0.206 e. The third-order valence-electron chi connectivity index (χ3n) is 5.28. The SMILES string of the molecule is C#CC(C)(CCCc1ccc(F)c(Sc2ccccc2)c1)c1ccc(C(F)(F)F)cc1. The first-order valence-electron chi connectivity index (χ1n) is 9.88. The van der Waals surface area contributed by atoms with Crippen LogP contribution in [0, 0.1) is 18.2 Å². The van der Waals surface area contributed by atoms with E-state index in [1.54, 1.807) is 6.07 Å². The minimum absolute atomic E-state index is 0.268. The van der Waals surface area contributed by atoms with E-state index >= 15 is 0 Å². The van der Waals surface area contributed by atoms with Crippen molar-refractivity contribution in [3.05, 3.63) is 95.3 Å². The van der Waals surface area contributed by atoms with Crippen molar-refractivity contribution >= 4 is 11.8 Å². The molecule has 3 rings (SSSR count). The number of hydrogen-bond donors (Lipinski definition) is 0. The van der Waals surface area contributed by atoms with E-state index in [9.17, 15) is 17.6 Å². The Balaban J connectivity index is 1.67. The topological polar surface area (TPSA) is 0 Å². The Kier molecular flexibility index (Phi) is 7.12. The van der Waals surface area contributed by atoms with E-state index in [1.807, 2.05) is 43.3 Å². The molecule has 0 radical (unpaired) electrons. The minimum Gasteiger partial charge on any atom is -0.206 e. The molecule has 0 saturated heterocycles. The maximum atomic E-state index is 14.2. The van der Waals surface area contributed by atoms with Gasteiger partial charge < -0.3 is 0 Å². The molecule has 0 aromatic heterocycles. The van der Waals surface area contributed by atoms with Crippen molar-refractivity contribution in [2.45, 2.75) is 47.6 Å². The van der Waals surface area contributed by atoms with Crippen molar-refractivity contribution in [3.63, 3.8) is 0 Å². The lowest BCUT2D eigenvalue weighted by Gasteiger charge is -2.25. The molecule has 0 fully saturated rings. The second-order valence-electron chi connectivity index (χ2n) is 7.58. The van der Waals surface area contributed by atoms with Gasteiger partial charge in [0.15, 0.2) is 0 Å². The van der Waals surface area contributed by atoms with Crippen LogP contribution in [0.1, 0.15) is 36.5 Å². The predicted molar refractivity (Wildman–Crippen MR) is 118 cm³/mol. The molecular weight excluding hydrogens is 420 g/mol. The van der Waals surface area contributed by atoms with Gasteiger partial charge >= 0.3 is 6.18 Å². The molecule has 0 heterocycles. The van der Waals surface area contributed by atoms with E-state index in [4.69, 9.17) is 6.42 Å². The largest absolute Gasteiger partial charge is 0.416 e. The number of aryl methyl sites for hydroxylation is 1. The molecule has 0 aliphatic rings. The van der Waals surface area contributed by atoms with Gasteiger partial charge in [0, 0.05) is 9.79 Å². The summed E-state index contributed by atoms with van der Waals surface area (Å²) in [5, 5.41) is 0. The molecule has 0 amide bonds. The highest BCUT2D eigenvalue weighted by molar-refractivity contribution is 7.99. The van der Waals surface area contributed by atoms with Crippen molar-refractivity contribution < 1.29 is 17.6 Å².